The van der Waals surface area contributed by atoms with Crippen LogP contribution in [0.15, 0.2) is 72.8 Å². The molecule has 0 aliphatic heterocycles. The van der Waals surface area contributed by atoms with Gasteiger partial charge in [0.2, 0.25) is 0 Å². The van der Waals surface area contributed by atoms with Crippen LogP contribution in [-0.4, -0.2) is 5.97 Å². The highest BCUT2D eigenvalue weighted by Gasteiger charge is 2.04. The van der Waals surface area contributed by atoms with Crippen molar-refractivity contribution in [3.63, 3.8) is 0 Å². The Balaban J connectivity index is 1.86. The summed E-state index contributed by atoms with van der Waals surface area (Å²) >= 11 is 0. The number of fused-ring (bicyclic) bond motifs is 1. The van der Waals surface area contributed by atoms with Gasteiger partial charge >= 0.3 is 5.97 Å². The molecule has 0 radical (unpaired) electrons. The number of nitrogens with zero attached hydrogens (tertiary/aromatic N) is 1. The molecule has 0 N–H and O–H groups in total. The van der Waals surface area contributed by atoms with Crippen molar-refractivity contribution in [2.45, 2.75) is 13.3 Å². The Morgan fingerprint density at radius 1 is 1.00 bits per heavy atom. The first-order chi connectivity index (χ1) is 12.2. The number of nitriles is 1. The Morgan fingerprint density at radius 2 is 1.68 bits per heavy atom. The van der Waals surface area contributed by atoms with E-state index >= 15 is 0 Å². The van der Waals surface area contributed by atoms with Crippen LogP contribution in [0.2, 0.25) is 0 Å². The normalized spacial score (nSPS) is 10.7. The van der Waals surface area contributed by atoms with Crippen LogP contribution < -0.4 is 4.74 Å². The Kier molecular flexibility index (Phi) is 4.92. The molecule has 0 heterocycles. The maximum absolute atomic E-state index is 11.7. The lowest BCUT2D eigenvalue weighted by atomic mass is 10.0. The van der Waals surface area contributed by atoms with Gasteiger partial charge in [0.1, 0.15) is 5.75 Å². The molecule has 0 atom stereocenters. The monoisotopic (exact) mass is 327 g/mol. The summed E-state index contributed by atoms with van der Waals surface area (Å²) in [6.45, 7) is 1.96. The van der Waals surface area contributed by atoms with Gasteiger partial charge in [-0.1, -0.05) is 43.3 Å². The van der Waals surface area contributed by atoms with Gasteiger partial charge in [-0.15, -0.1) is 0 Å². The maximum Gasteiger partial charge on any atom is 0.335 e. The predicted octanol–water partition coefficient (Wildman–Crippen LogP) is 5.25. The molecule has 3 rings (SSSR count). The summed E-state index contributed by atoms with van der Waals surface area (Å²) < 4.78 is 5.31. The number of rotatable bonds is 4. The first-order valence-corrected chi connectivity index (χ1v) is 8.12. The van der Waals surface area contributed by atoms with E-state index in [1.807, 2.05) is 55.5 Å². The summed E-state index contributed by atoms with van der Waals surface area (Å²) in [5.41, 5.74) is 2.78. The fraction of sp³-hybridized carbons (Fsp3) is 0.0909. The average Bonchev–Trinajstić information content (AvgIpc) is 2.66. The number of carbonyl (C=O) groups is 1. The summed E-state index contributed by atoms with van der Waals surface area (Å²) in [6.07, 6.45) is 4.01. The van der Waals surface area contributed by atoms with Crippen LogP contribution in [0.5, 0.6) is 5.75 Å². The lowest BCUT2D eigenvalue weighted by Crippen LogP contribution is -2.03. The zero-order valence-electron chi connectivity index (χ0n) is 13.9. The third-order valence-corrected chi connectivity index (χ3v) is 3.87. The Hall–Kier alpha value is -3.38. The highest BCUT2D eigenvalue weighted by molar-refractivity contribution is 5.90. The molecule has 0 fully saturated rings. The van der Waals surface area contributed by atoms with Crippen molar-refractivity contribution in [3.05, 3.63) is 78.4 Å². The van der Waals surface area contributed by atoms with Gasteiger partial charge in [-0.3, -0.25) is 0 Å². The van der Waals surface area contributed by atoms with Crippen molar-refractivity contribution in [1.29, 1.82) is 5.26 Å². The van der Waals surface area contributed by atoms with Gasteiger partial charge in [0.15, 0.2) is 0 Å². The highest BCUT2D eigenvalue weighted by atomic mass is 16.5. The van der Waals surface area contributed by atoms with Gasteiger partial charge in [-0.2, -0.15) is 5.26 Å². The zero-order valence-corrected chi connectivity index (χ0v) is 13.9. The molecular formula is C22H17NO2. The minimum absolute atomic E-state index is 0.365. The van der Waals surface area contributed by atoms with E-state index < -0.39 is 0 Å². The van der Waals surface area contributed by atoms with Crippen molar-refractivity contribution in [3.8, 4) is 22.9 Å². The second-order valence-corrected chi connectivity index (χ2v) is 5.64. The molecular weight excluding hydrogens is 310 g/mol. The molecule has 0 aromatic heterocycles. The van der Waals surface area contributed by atoms with Crippen molar-refractivity contribution in [2.75, 3.05) is 0 Å². The van der Waals surface area contributed by atoms with Crippen molar-refractivity contribution in [1.82, 2.24) is 0 Å². The number of esters is 1. The molecule has 0 aliphatic rings. The van der Waals surface area contributed by atoms with Crippen LogP contribution in [0.1, 0.15) is 18.9 Å². The van der Waals surface area contributed by atoms with Crippen molar-refractivity contribution < 1.29 is 9.53 Å². The molecule has 0 spiro atoms. The van der Waals surface area contributed by atoms with E-state index in [0.717, 1.165) is 28.3 Å². The number of allylic oxidation sites excluding steroid dienone is 1. The minimum atomic E-state index is -0.365. The number of ether oxygens (including phenoxy) is 1. The first kappa shape index (κ1) is 16.5. The van der Waals surface area contributed by atoms with E-state index in [2.05, 4.69) is 12.1 Å². The summed E-state index contributed by atoms with van der Waals surface area (Å²) in [4.78, 5) is 11.7. The molecule has 3 nitrogen and oxygen atoms in total. The van der Waals surface area contributed by atoms with Crippen molar-refractivity contribution in [2.24, 2.45) is 0 Å². The number of carbonyl (C=O) groups excluding carboxylic acids is 1. The van der Waals surface area contributed by atoms with Crippen LogP contribution in [0.3, 0.4) is 0 Å². The summed E-state index contributed by atoms with van der Waals surface area (Å²) in [7, 11) is 0. The van der Waals surface area contributed by atoms with E-state index in [-0.39, 0.29) is 5.97 Å². The molecule has 3 aromatic carbocycles. The van der Waals surface area contributed by atoms with E-state index in [9.17, 15) is 4.79 Å². The van der Waals surface area contributed by atoms with Crippen molar-refractivity contribution >= 4 is 16.7 Å². The molecule has 122 valence electrons. The minimum Gasteiger partial charge on any atom is -0.423 e. The SMILES string of the molecule is CC/C=C/C(=O)Oc1ccc2cc(-c3ccc(C#N)cc3)ccc2c1. The van der Waals surface area contributed by atoms with Gasteiger partial charge < -0.3 is 4.74 Å². The number of hydrogen-bond acceptors (Lipinski definition) is 3. The second kappa shape index (κ2) is 7.46. The third-order valence-electron chi connectivity index (χ3n) is 3.87. The van der Waals surface area contributed by atoms with E-state index in [1.54, 1.807) is 12.1 Å². The smallest absolute Gasteiger partial charge is 0.335 e. The maximum atomic E-state index is 11.7. The Labute approximate surface area is 146 Å². The summed E-state index contributed by atoms with van der Waals surface area (Å²) in [5.74, 6) is 0.166. The van der Waals surface area contributed by atoms with E-state index in [0.29, 0.717) is 11.3 Å². The molecule has 3 aromatic rings. The quantitative estimate of drug-likeness (QED) is 0.373. The van der Waals surface area contributed by atoms with E-state index in [4.69, 9.17) is 10.00 Å². The van der Waals surface area contributed by atoms with Crippen LogP contribution in [0.25, 0.3) is 21.9 Å². The lowest BCUT2D eigenvalue weighted by Gasteiger charge is -2.07. The molecule has 0 saturated heterocycles. The topological polar surface area (TPSA) is 50.1 Å². The number of benzene rings is 3. The van der Waals surface area contributed by atoms with Crippen LogP contribution in [-0.2, 0) is 4.79 Å². The Bertz CT molecular complexity index is 979. The molecule has 0 saturated carbocycles. The zero-order chi connectivity index (χ0) is 17.6. The van der Waals surface area contributed by atoms with Gasteiger partial charge in [0, 0.05) is 6.08 Å². The molecule has 0 unspecified atom stereocenters. The van der Waals surface area contributed by atoms with Crippen LogP contribution in [0, 0.1) is 11.3 Å². The highest BCUT2D eigenvalue weighted by Crippen LogP contribution is 2.27. The molecule has 0 aliphatic carbocycles. The standard InChI is InChI=1S/C22H17NO2/c1-2-3-4-22(24)25-21-12-11-19-13-18(9-10-20(19)14-21)17-7-5-16(15-23)6-8-17/h3-14H,2H2,1H3/b4-3+. The van der Waals surface area contributed by atoms with Crippen LogP contribution >= 0.6 is 0 Å². The fourth-order valence-electron chi connectivity index (χ4n) is 2.57. The molecule has 0 amide bonds. The summed E-state index contributed by atoms with van der Waals surface area (Å²) in [5, 5.41) is 10.9. The Morgan fingerprint density at radius 3 is 2.40 bits per heavy atom. The summed E-state index contributed by atoms with van der Waals surface area (Å²) in [6, 6.07) is 21.3. The van der Waals surface area contributed by atoms with Gasteiger partial charge in [-0.05, 0) is 58.7 Å². The van der Waals surface area contributed by atoms with Gasteiger partial charge in [0.25, 0.3) is 0 Å². The van der Waals surface area contributed by atoms with Gasteiger partial charge in [-0.25, -0.2) is 4.79 Å². The number of hydrogen-bond donors (Lipinski definition) is 0. The predicted molar refractivity (Wildman–Crippen MR) is 99.2 cm³/mol. The van der Waals surface area contributed by atoms with E-state index in [1.165, 1.54) is 6.08 Å². The molecule has 3 heteroatoms. The largest absolute Gasteiger partial charge is 0.423 e. The third kappa shape index (κ3) is 3.94. The lowest BCUT2D eigenvalue weighted by molar-refractivity contribution is -0.129. The average molecular weight is 327 g/mol. The first-order valence-electron chi connectivity index (χ1n) is 8.12. The fourth-order valence-corrected chi connectivity index (χ4v) is 2.57. The van der Waals surface area contributed by atoms with Gasteiger partial charge in [0.05, 0.1) is 11.6 Å². The molecule has 0 bridgehead atoms. The molecule has 25 heavy (non-hydrogen) atoms. The second-order valence-electron chi connectivity index (χ2n) is 5.64. The van der Waals surface area contributed by atoms with Crippen LogP contribution in [0.4, 0.5) is 0 Å².